The molecule has 5 aromatic rings. The number of hydrogen-bond acceptors (Lipinski definition) is 0. The van der Waals surface area contributed by atoms with Gasteiger partial charge >= 0.3 is 13.3 Å². The van der Waals surface area contributed by atoms with Gasteiger partial charge in [0, 0.05) is 48.5 Å². The molecule has 0 saturated carbocycles. The molecule has 0 saturated heterocycles. The second-order valence-electron chi connectivity index (χ2n) is 15.8. The van der Waals surface area contributed by atoms with Crippen LogP contribution in [0.2, 0.25) is 0 Å². The normalized spacial score (nSPS) is 14.1. The Morgan fingerprint density at radius 3 is 1.16 bits per heavy atom. The molecule has 4 atom stereocenters. The van der Waals surface area contributed by atoms with Gasteiger partial charge in [-0.3, -0.25) is 0 Å². The van der Waals surface area contributed by atoms with E-state index in [0.717, 1.165) is 26.2 Å². The van der Waals surface area contributed by atoms with Gasteiger partial charge < -0.3 is 0 Å². The molecule has 1 aromatic carbocycles. The van der Waals surface area contributed by atoms with Crippen LogP contribution in [0.3, 0.4) is 0 Å². The molecule has 4 aromatic heterocycles. The van der Waals surface area contributed by atoms with Gasteiger partial charge in [-0.05, 0) is 88.2 Å². The number of unbranched alkanes of at least 4 members (excludes halogenated alkanes) is 1. The van der Waals surface area contributed by atoms with Crippen molar-refractivity contribution in [2.24, 2.45) is 0 Å². The third-order valence-corrected chi connectivity index (χ3v) is 11.2. The predicted octanol–water partition coefficient (Wildman–Crippen LogP) is 9.86. The molecule has 0 aliphatic rings. The van der Waals surface area contributed by atoms with Crippen LogP contribution in [0, 0.1) is 0 Å². The number of benzene rings is 1. The van der Waals surface area contributed by atoms with Crippen molar-refractivity contribution in [3.05, 3.63) is 156 Å². The Morgan fingerprint density at radius 1 is 0.392 bits per heavy atom. The van der Waals surface area contributed by atoms with Crippen molar-refractivity contribution < 1.29 is 18.3 Å². The van der Waals surface area contributed by atoms with Crippen molar-refractivity contribution in [3.8, 4) is 0 Å². The fraction of sp³-hybridized carbons (Fsp3) is 0.447. The number of rotatable bonds is 17. The highest BCUT2D eigenvalue weighted by Crippen LogP contribution is 2.39. The van der Waals surface area contributed by atoms with Crippen LogP contribution < -0.4 is 18.3 Å². The summed E-state index contributed by atoms with van der Waals surface area (Å²) in [5.41, 5.74) is 8.51. The first-order valence-corrected chi connectivity index (χ1v) is 19.7. The molecule has 0 fully saturated rings. The lowest BCUT2D eigenvalue weighted by Gasteiger charge is -2.26. The van der Waals surface area contributed by atoms with Crippen molar-refractivity contribution in [1.82, 2.24) is 0 Å². The molecule has 51 heavy (non-hydrogen) atoms. The SMILES string of the molecule is CCCCC(C)c1ccc(C(CCC(C)c2cc[n+](C[n+]3ccc(C(C)C)cc3)cc2)C(C)c2cc[n+](C[n+]3ccc(C(C)C)cc3)cc2)cc1. The quantitative estimate of drug-likeness (QED) is 0.0867. The average molecular weight is 685 g/mol. The fourth-order valence-electron chi connectivity index (χ4n) is 7.31. The Kier molecular flexibility index (Phi) is 13.7. The van der Waals surface area contributed by atoms with E-state index in [-0.39, 0.29) is 0 Å². The van der Waals surface area contributed by atoms with E-state index in [0.29, 0.717) is 35.5 Å². The number of pyridine rings is 4. The first kappa shape index (κ1) is 38.1. The summed E-state index contributed by atoms with van der Waals surface area (Å²) in [5.74, 6) is 3.05. The topological polar surface area (TPSA) is 15.5 Å². The lowest BCUT2D eigenvalue weighted by atomic mass is 9.78. The summed E-state index contributed by atoms with van der Waals surface area (Å²) in [6, 6.07) is 28.0. The van der Waals surface area contributed by atoms with Gasteiger partial charge in [-0.1, -0.05) is 92.5 Å². The number of aromatic nitrogens is 4. The Labute approximate surface area is 309 Å². The summed E-state index contributed by atoms with van der Waals surface area (Å²) in [7, 11) is 0. The molecule has 0 bridgehead atoms. The molecule has 0 amide bonds. The molecule has 0 spiro atoms. The molecule has 4 unspecified atom stereocenters. The molecule has 4 heteroatoms. The van der Waals surface area contributed by atoms with Gasteiger partial charge in [0.05, 0.1) is 0 Å². The zero-order chi connectivity index (χ0) is 36.3. The maximum absolute atomic E-state index is 2.43. The molecular weight excluding hydrogens is 621 g/mol. The summed E-state index contributed by atoms with van der Waals surface area (Å²) < 4.78 is 9.02. The molecule has 4 nitrogen and oxygen atoms in total. The zero-order valence-corrected chi connectivity index (χ0v) is 32.7. The predicted molar refractivity (Wildman–Crippen MR) is 209 cm³/mol. The first-order valence-electron chi connectivity index (χ1n) is 19.7. The minimum atomic E-state index is 0.408. The highest BCUT2D eigenvalue weighted by molar-refractivity contribution is 5.31. The van der Waals surface area contributed by atoms with E-state index in [9.17, 15) is 0 Å². The molecule has 0 aliphatic heterocycles. The molecular formula is C47H64N4+4. The highest BCUT2D eigenvalue weighted by Gasteiger charge is 2.24. The smallest absolute Gasteiger partial charge is 0.147 e. The Hall–Kier alpha value is -4.18. The van der Waals surface area contributed by atoms with Crippen LogP contribution in [0.25, 0.3) is 0 Å². The van der Waals surface area contributed by atoms with Gasteiger partial charge in [0.25, 0.3) is 0 Å². The monoisotopic (exact) mass is 685 g/mol. The van der Waals surface area contributed by atoms with E-state index in [1.807, 2.05) is 0 Å². The Balaban J connectivity index is 1.28. The Bertz CT molecular complexity index is 1740. The standard InChI is InChI=1S/C47H64N4/c1-9-10-11-38(6)43-13-15-46(16-14-43)47(40(8)45-24-32-51(33-25-45)35-49-28-20-42(21-29-49)37(4)5)17-12-39(7)44-22-30-50(31-23-44)34-48-26-18-41(19-27-48)36(2)3/h13-16,18-33,36-40,47H,9-12,17,34-35H2,1-8H3/q+4. The van der Waals surface area contributed by atoms with Crippen molar-refractivity contribution in [1.29, 1.82) is 0 Å². The van der Waals surface area contributed by atoms with Gasteiger partial charge in [-0.2, -0.15) is 0 Å². The maximum atomic E-state index is 2.43. The van der Waals surface area contributed by atoms with Gasteiger partial charge in [0.1, 0.15) is 0 Å². The molecule has 268 valence electrons. The molecule has 0 N–H and O–H groups in total. The van der Waals surface area contributed by atoms with Crippen LogP contribution >= 0.6 is 0 Å². The zero-order valence-electron chi connectivity index (χ0n) is 32.7. The maximum Gasteiger partial charge on any atom is 0.343 e. The highest BCUT2D eigenvalue weighted by atomic mass is 15.1. The second-order valence-corrected chi connectivity index (χ2v) is 15.8. The summed E-state index contributed by atoms with van der Waals surface area (Å²) in [6.45, 7) is 20.1. The summed E-state index contributed by atoms with van der Waals surface area (Å²) >= 11 is 0. The van der Waals surface area contributed by atoms with Crippen molar-refractivity contribution in [2.75, 3.05) is 0 Å². The van der Waals surface area contributed by atoms with E-state index in [4.69, 9.17) is 0 Å². The lowest BCUT2D eigenvalue weighted by molar-refractivity contribution is -0.913. The second kappa shape index (κ2) is 18.4. The Morgan fingerprint density at radius 2 is 0.745 bits per heavy atom. The average Bonchev–Trinajstić information content (AvgIpc) is 3.15. The summed E-state index contributed by atoms with van der Waals surface area (Å²) in [6.07, 6.45) is 23.9. The number of nitrogens with zero attached hydrogens (tertiary/aromatic N) is 4. The van der Waals surface area contributed by atoms with Crippen LogP contribution in [0.5, 0.6) is 0 Å². The third-order valence-electron chi connectivity index (χ3n) is 11.2. The molecule has 0 radical (unpaired) electrons. The third kappa shape index (κ3) is 10.7. The fourth-order valence-corrected chi connectivity index (χ4v) is 7.31. The van der Waals surface area contributed by atoms with Gasteiger partial charge in [0.2, 0.25) is 0 Å². The van der Waals surface area contributed by atoms with Crippen molar-refractivity contribution in [2.45, 2.75) is 136 Å². The van der Waals surface area contributed by atoms with Gasteiger partial charge in [-0.25, -0.2) is 0 Å². The minimum absolute atomic E-state index is 0.408. The van der Waals surface area contributed by atoms with Crippen LogP contribution in [-0.4, -0.2) is 0 Å². The first-order chi connectivity index (χ1) is 24.6. The van der Waals surface area contributed by atoms with E-state index in [1.54, 1.807) is 0 Å². The van der Waals surface area contributed by atoms with Crippen LogP contribution in [0.15, 0.2) is 122 Å². The largest absolute Gasteiger partial charge is 0.343 e. The van der Waals surface area contributed by atoms with E-state index >= 15 is 0 Å². The van der Waals surface area contributed by atoms with Gasteiger partial charge in [0.15, 0.2) is 49.6 Å². The van der Waals surface area contributed by atoms with E-state index in [1.165, 1.54) is 52.6 Å². The van der Waals surface area contributed by atoms with E-state index < -0.39 is 0 Å². The van der Waals surface area contributed by atoms with Crippen LogP contribution in [0.4, 0.5) is 0 Å². The summed E-state index contributed by atoms with van der Waals surface area (Å²) in [4.78, 5) is 0. The molecule has 0 aliphatic carbocycles. The minimum Gasteiger partial charge on any atom is -0.147 e. The van der Waals surface area contributed by atoms with Crippen molar-refractivity contribution >= 4 is 0 Å². The van der Waals surface area contributed by atoms with Crippen molar-refractivity contribution in [3.63, 3.8) is 0 Å². The van der Waals surface area contributed by atoms with Crippen LogP contribution in [0.1, 0.15) is 156 Å². The molecule has 4 heterocycles. The van der Waals surface area contributed by atoms with Crippen LogP contribution in [-0.2, 0) is 13.3 Å². The lowest BCUT2D eigenvalue weighted by Crippen LogP contribution is -2.50. The summed E-state index contributed by atoms with van der Waals surface area (Å²) in [5, 5.41) is 0. The molecule has 5 rings (SSSR count). The number of hydrogen-bond donors (Lipinski definition) is 0. The van der Waals surface area contributed by atoms with Gasteiger partial charge in [-0.15, -0.1) is 18.3 Å². The van der Waals surface area contributed by atoms with E-state index in [2.05, 4.69) is 196 Å².